The lowest BCUT2D eigenvalue weighted by Crippen LogP contribution is -2.38. The fraction of sp³-hybridized carbons (Fsp3) is 0.500. The molecule has 0 radical (unpaired) electrons. The lowest BCUT2D eigenvalue weighted by Gasteiger charge is -2.22. The number of ether oxygens (including phenoxy) is 2. The second-order valence-electron chi connectivity index (χ2n) is 5.37. The van der Waals surface area contributed by atoms with E-state index in [2.05, 4.69) is 5.32 Å². The molecule has 0 bridgehead atoms. The van der Waals surface area contributed by atoms with Gasteiger partial charge in [0, 0.05) is 26.6 Å². The first-order valence-electron chi connectivity index (χ1n) is 8.38. The molecule has 0 aromatic heterocycles. The molecule has 0 heterocycles. The molecule has 7 nitrogen and oxygen atoms in total. The molecule has 0 fully saturated rings. The first kappa shape index (κ1) is 20.5. The average Bonchev–Trinajstić information content (AvgIpc) is 2.60. The van der Waals surface area contributed by atoms with E-state index in [-0.39, 0.29) is 37.4 Å². The summed E-state index contributed by atoms with van der Waals surface area (Å²) in [6.07, 6.45) is 0.727. The van der Waals surface area contributed by atoms with Crippen molar-refractivity contribution in [3.05, 3.63) is 30.3 Å². The Morgan fingerprint density at radius 2 is 1.84 bits per heavy atom. The van der Waals surface area contributed by atoms with Gasteiger partial charge in [-0.2, -0.15) is 0 Å². The third-order valence-electron chi connectivity index (χ3n) is 3.33. The van der Waals surface area contributed by atoms with E-state index in [4.69, 9.17) is 9.47 Å². The van der Waals surface area contributed by atoms with Crippen molar-refractivity contribution in [2.75, 3.05) is 32.8 Å². The minimum atomic E-state index is -0.342. The van der Waals surface area contributed by atoms with Gasteiger partial charge in [-0.1, -0.05) is 18.2 Å². The Morgan fingerprint density at radius 3 is 2.48 bits per heavy atom. The van der Waals surface area contributed by atoms with Gasteiger partial charge in [0.05, 0.1) is 13.0 Å². The van der Waals surface area contributed by atoms with E-state index in [1.807, 2.05) is 18.2 Å². The number of benzene rings is 1. The Morgan fingerprint density at radius 1 is 1.12 bits per heavy atom. The van der Waals surface area contributed by atoms with E-state index < -0.39 is 0 Å². The molecule has 0 spiro atoms. The predicted molar refractivity (Wildman–Crippen MR) is 93.1 cm³/mol. The molecular formula is C18H26N2O5. The van der Waals surface area contributed by atoms with Crippen molar-refractivity contribution in [3.8, 4) is 5.75 Å². The summed E-state index contributed by atoms with van der Waals surface area (Å²) in [6.45, 7) is 4.54. The van der Waals surface area contributed by atoms with Gasteiger partial charge in [-0.25, -0.2) is 0 Å². The second-order valence-corrected chi connectivity index (χ2v) is 5.37. The van der Waals surface area contributed by atoms with Gasteiger partial charge in [-0.15, -0.1) is 0 Å². The van der Waals surface area contributed by atoms with E-state index in [1.165, 1.54) is 6.92 Å². The third-order valence-corrected chi connectivity index (χ3v) is 3.33. The van der Waals surface area contributed by atoms with Gasteiger partial charge < -0.3 is 19.7 Å². The fourth-order valence-electron chi connectivity index (χ4n) is 2.11. The Bertz CT molecular complexity index is 548. The summed E-state index contributed by atoms with van der Waals surface area (Å²) in [5, 5.41) is 2.68. The third kappa shape index (κ3) is 9.34. The largest absolute Gasteiger partial charge is 0.484 e. The van der Waals surface area contributed by atoms with Crippen LogP contribution in [0, 0.1) is 0 Å². The van der Waals surface area contributed by atoms with Crippen LogP contribution in [0.5, 0.6) is 5.75 Å². The molecule has 0 aliphatic rings. The average molecular weight is 350 g/mol. The maximum absolute atomic E-state index is 12.4. The minimum Gasteiger partial charge on any atom is -0.484 e. The van der Waals surface area contributed by atoms with E-state index in [0.717, 1.165) is 0 Å². The van der Waals surface area contributed by atoms with Gasteiger partial charge in [-0.3, -0.25) is 14.4 Å². The molecule has 1 rings (SSSR count). The summed E-state index contributed by atoms with van der Waals surface area (Å²) in [4.78, 5) is 36.3. The smallest absolute Gasteiger partial charge is 0.307 e. The molecule has 25 heavy (non-hydrogen) atoms. The number of esters is 1. The number of para-hydroxylation sites is 1. The maximum atomic E-state index is 12.4. The zero-order valence-electron chi connectivity index (χ0n) is 14.8. The highest BCUT2D eigenvalue weighted by Gasteiger charge is 2.16. The quantitative estimate of drug-likeness (QED) is 0.481. The van der Waals surface area contributed by atoms with Crippen LogP contribution < -0.4 is 10.1 Å². The molecule has 0 aliphatic carbocycles. The molecule has 0 aliphatic heterocycles. The lowest BCUT2D eigenvalue weighted by molar-refractivity contribution is -0.144. The monoisotopic (exact) mass is 350 g/mol. The standard InChI is InChI=1S/C18H26N2O5/c1-3-24-18(23)10-13-20(12-7-11-19-15(2)21)17(22)14-25-16-8-5-4-6-9-16/h4-6,8-9H,3,7,10-14H2,1-2H3,(H,19,21). The summed E-state index contributed by atoms with van der Waals surface area (Å²) in [6, 6.07) is 9.06. The zero-order valence-corrected chi connectivity index (χ0v) is 14.8. The van der Waals surface area contributed by atoms with Gasteiger partial charge in [0.15, 0.2) is 6.61 Å². The van der Waals surface area contributed by atoms with Crippen LogP contribution in [-0.4, -0.2) is 55.5 Å². The van der Waals surface area contributed by atoms with Gasteiger partial charge in [0.1, 0.15) is 5.75 Å². The first-order chi connectivity index (χ1) is 12.0. The minimum absolute atomic E-state index is 0.104. The number of hydrogen-bond donors (Lipinski definition) is 1. The molecule has 1 aromatic carbocycles. The predicted octanol–water partition coefficient (Wildman–Crippen LogP) is 1.37. The van der Waals surface area contributed by atoms with Crippen molar-refractivity contribution in [2.45, 2.75) is 26.7 Å². The molecule has 0 atom stereocenters. The lowest BCUT2D eigenvalue weighted by atomic mass is 10.3. The summed E-state index contributed by atoms with van der Waals surface area (Å²) >= 11 is 0. The summed E-state index contributed by atoms with van der Waals surface area (Å²) in [5.74, 6) is -0.0571. The van der Waals surface area contributed by atoms with Crippen LogP contribution in [0.4, 0.5) is 0 Å². The van der Waals surface area contributed by atoms with Crippen molar-refractivity contribution in [3.63, 3.8) is 0 Å². The van der Waals surface area contributed by atoms with Crippen LogP contribution >= 0.6 is 0 Å². The number of hydrogen-bond acceptors (Lipinski definition) is 5. The van der Waals surface area contributed by atoms with Crippen LogP contribution in [0.1, 0.15) is 26.7 Å². The molecule has 0 saturated heterocycles. The molecule has 0 saturated carbocycles. The topological polar surface area (TPSA) is 84.9 Å². The summed E-state index contributed by atoms with van der Waals surface area (Å²) in [5.41, 5.74) is 0. The number of carbonyl (C=O) groups is 3. The Hall–Kier alpha value is -2.57. The Kier molecular flexibility index (Phi) is 9.74. The van der Waals surface area contributed by atoms with Crippen LogP contribution in [0.2, 0.25) is 0 Å². The normalized spacial score (nSPS) is 10.0. The molecule has 138 valence electrons. The van der Waals surface area contributed by atoms with E-state index in [0.29, 0.717) is 31.9 Å². The highest BCUT2D eigenvalue weighted by atomic mass is 16.5. The van der Waals surface area contributed by atoms with Crippen molar-refractivity contribution in [2.24, 2.45) is 0 Å². The van der Waals surface area contributed by atoms with Gasteiger partial charge in [0.25, 0.3) is 5.91 Å². The van der Waals surface area contributed by atoms with E-state index in [9.17, 15) is 14.4 Å². The Balaban J connectivity index is 2.50. The van der Waals surface area contributed by atoms with Gasteiger partial charge in [-0.05, 0) is 25.5 Å². The Labute approximate surface area is 148 Å². The van der Waals surface area contributed by atoms with Gasteiger partial charge in [0.2, 0.25) is 5.91 Å². The number of rotatable bonds is 11. The van der Waals surface area contributed by atoms with E-state index in [1.54, 1.807) is 24.0 Å². The highest BCUT2D eigenvalue weighted by Crippen LogP contribution is 2.08. The molecular weight excluding hydrogens is 324 g/mol. The van der Waals surface area contributed by atoms with E-state index >= 15 is 0 Å². The molecule has 2 amide bonds. The number of amides is 2. The van der Waals surface area contributed by atoms with Crippen LogP contribution in [0.3, 0.4) is 0 Å². The first-order valence-corrected chi connectivity index (χ1v) is 8.38. The maximum Gasteiger partial charge on any atom is 0.307 e. The molecule has 1 aromatic rings. The highest BCUT2D eigenvalue weighted by molar-refractivity contribution is 5.78. The van der Waals surface area contributed by atoms with Crippen LogP contribution in [0.15, 0.2) is 30.3 Å². The number of nitrogens with one attached hydrogen (secondary N) is 1. The number of nitrogens with zero attached hydrogens (tertiary/aromatic N) is 1. The fourth-order valence-corrected chi connectivity index (χ4v) is 2.11. The number of carbonyl (C=O) groups excluding carboxylic acids is 3. The van der Waals surface area contributed by atoms with Crippen LogP contribution in [-0.2, 0) is 19.1 Å². The summed E-state index contributed by atoms with van der Waals surface area (Å²) in [7, 11) is 0. The van der Waals surface area contributed by atoms with Gasteiger partial charge >= 0.3 is 5.97 Å². The van der Waals surface area contributed by atoms with Crippen molar-refractivity contribution in [1.29, 1.82) is 0 Å². The van der Waals surface area contributed by atoms with Crippen molar-refractivity contribution >= 4 is 17.8 Å². The second kappa shape index (κ2) is 11.9. The van der Waals surface area contributed by atoms with Crippen molar-refractivity contribution < 1.29 is 23.9 Å². The summed E-state index contributed by atoms with van der Waals surface area (Å²) < 4.78 is 10.4. The zero-order chi connectivity index (χ0) is 18.5. The van der Waals surface area contributed by atoms with Crippen molar-refractivity contribution in [1.82, 2.24) is 10.2 Å². The van der Waals surface area contributed by atoms with Crippen LogP contribution in [0.25, 0.3) is 0 Å². The molecule has 7 heteroatoms. The molecule has 1 N–H and O–H groups in total. The SMILES string of the molecule is CCOC(=O)CCN(CCCNC(C)=O)C(=O)COc1ccccc1. The molecule has 0 unspecified atom stereocenters.